The van der Waals surface area contributed by atoms with E-state index >= 15 is 19.2 Å². The first-order valence-electron chi connectivity index (χ1n) is 34.2. The van der Waals surface area contributed by atoms with Gasteiger partial charge in [0, 0.05) is 54.5 Å². The summed E-state index contributed by atoms with van der Waals surface area (Å²) in [6.45, 7) is 30.7. The van der Waals surface area contributed by atoms with E-state index in [0.29, 0.717) is 0 Å². The van der Waals surface area contributed by atoms with Crippen molar-refractivity contribution in [2.45, 2.75) is 236 Å². The quantitative estimate of drug-likeness (QED) is 0.0627. The van der Waals surface area contributed by atoms with Crippen LogP contribution in [-0.2, 0) is 62.2 Å². The number of aliphatic hydroxyl groups excluding tert-OH is 1. The van der Waals surface area contributed by atoms with Gasteiger partial charge in [-0.05, 0) is 119 Å². The second-order valence-electron chi connectivity index (χ2n) is 29.0. The topological polar surface area (TPSA) is 303 Å². The zero-order valence-electron chi connectivity index (χ0n) is 62.3. The smallest absolute Gasteiger partial charge is 0.358 e. The van der Waals surface area contributed by atoms with Crippen LogP contribution in [0, 0.1) is 47.3 Å². The first-order valence-corrected chi connectivity index (χ1v) is 34.6. The Morgan fingerprint density at radius 1 is 0.546 bits per heavy atom. The summed E-state index contributed by atoms with van der Waals surface area (Å²) >= 11 is 5.50. The molecule has 1 aromatic rings. The Kier molecular flexibility index (Phi) is 35.4. The molecule has 0 saturated carbocycles. The van der Waals surface area contributed by atoms with Crippen molar-refractivity contribution in [1.82, 2.24) is 50.7 Å². The van der Waals surface area contributed by atoms with Crippen LogP contribution in [0.25, 0.3) is 0 Å². The van der Waals surface area contributed by atoms with Crippen molar-refractivity contribution in [3.05, 3.63) is 42.5 Å². The Morgan fingerprint density at radius 2 is 0.979 bits per heavy atom. The maximum absolute atomic E-state index is 15.4. The molecule has 25 nitrogen and oxygen atoms in total. The van der Waals surface area contributed by atoms with Crippen LogP contribution in [0.2, 0.25) is 0 Å². The molecule has 0 spiro atoms. The highest BCUT2D eigenvalue weighted by molar-refractivity contribution is 7.79. The average Bonchev–Trinajstić information content (AvgIpc) is 0.810. The van der Waals surface area contributed by atoms with E-state index in [4.69, 9.17) is 26.4 Å². The number of amides is 10. The highest BCUT2D eigenvalue weighted by Gasteiger charge is 2.46. The third-order valence-corrected chi connectivity index (χ3v) is 17.5. The van der Waals surface area contributed by atoms with E-state index in [2.05, 4.69) is 21.3 Å². The van der Waals surface area contributed by atoms with Gasteiger partial charge in [0.25, 0.3) is 5.91 Å². The maximum atomic E-state index is 15.4. The largest absolute Gasteiger partial charge is 0.451 e. The second-order valence-corrected chi connectivity index (χ2v) is 29.4. The first kappa shape index (κ1) is 85.9. The number of carbonyl (C=O) groups is 11. The van der Waals surface area contributed by atoms with Crippen molar-refractivity contribution >= 4 is 82.5 Å². The highest BCUT2D eigenvalue weighted by Crippen LogP contribution is 2.26. The molecule has 26 heteroatoms. The van der Waals surface area contributed by atoms with Gasteiger partial charge in [-0.1, -0.05) is 134 Å². The van der Waals surface area contributed by atoms with Crippen molar-refractivity contribution in [2.24, 2.45) is 47.3 Å². The van der Waals surface area contributed by atoms with Crippen LogP contribution in [0.1, 0.15) is 163 Å². The number of hydrogen-bond acceptors (Lipinski definition) is 16. The van der Waals surface area contributed by atoms with Gasteiger partial charge in [-0.3, -0.25) is 47.9 Å². The van der Waals surface area contributed by atoms with Crippen LogP contribution in [0.5, 0.6) is 5.75 Å². The molecule has 2 rings (SSSR count). The summed E-state index contributed by atoms with van der Waals surface area (Å²) in [5.41, 5.74) is 0. The molecule has 0 bridgehead atoms. The third-order valence-electron chi connectivity index (χ3n) is 17.3. The van der Waals surface area contributed by atoms with Crippen LogP contribution in [0.4, 0.5) is 0 Å². The lowest BCUT2D eigenvalue weighted by atomic mass is 9.91. The molecule has 1 aliphatic rings. The van der Waals surface area contributed by atoms with E-state index in [9.17, 15) is 38.7 Å². The summed E-state index contributed by atoms with van der Waals surface area (Å²) in [4.78, 5) is 171. The molecule has 1 heterocycles. The van der Waals surface area contributed by atoms with Gasteiger partial charge >= 0.3 is 11.2 Å². The lowest BCUT2D eigenvalue weighted by Crippen LogP contribution is -2.64. The van der Waals surface area contributed by atoms with Crippen LogP contribution in [0.15, 0.2) is 42.5 Å². The number of carbonyl (C=O) groups excluding carboxylic acids is 11. The lowest BCUT2D eigenvalue weighted by molar-refractivity contribution is -0.166. The molecule has 97 heavy (non-hydrogen) atoms. The van der Waals surface area contributed by atoms with E-state index in [0.717, 1.165) is 9.80 Å². The van der Waals surface area contributed by atoms with Crippen molar-refractivity contribution in [2.75, 3.05) is 48.8 Å². The number of allylic oxidation sites excluding steroid dienone is 2. The molecule has 13 atom stereocenters. The van der Waals surface area contributed by atoms with Crippen molar-refractivity contribution < 1.29 is 72.1 Å². The molecule has 0 unspecified atom stereocenters. The summed E-state index contributed by atoms with van der Waals surface area (Å²) in [6.07, 6.45) is -0.269. The molecular formula is C71H118N10O15S. The molecule has 1 saturated heterocycles. The summed E-state index contributed by atoms with van der Waals surface area (Å²) in [5, 5.41) is 23.1. The number of hydrogen-bond donors (Lipinski definition) is 5. The molecule has 1 fully saturated rings. The summed E-state index contributed by atoms with van der Waals surface area (Å²) in [7, 11) is 8.18. The molecule has 0 radical (unpaired) electrons. The van der Waals surface area contributed by atoms with Crippen molar-refractivity contribution in [3.8, 4) is 5.75 Å². The zero-order valence-corrected chi connectivity index (χ0v) is 63.1. The Bertz CT molecular complexity index is 2850. The van der Waals surface area contributed by atoms with Gasteiger partial charge in [0.15, 0.2) is 6.10 Å². The summed E-state index contributed by atoms with van der Waals surface area (Å²) in [5.74, 6) is -11.5. The number of nitrogens with one attached hydrogen (secondary N) is 4. The fourth-order valence-corrected chi connectivity index (χ4v) is 11.9. The van der Waals surface area contributed by atoms with Crippen LogP contribution in [-0.4, -0.2) is 226 Å². The Morgan fingerprint density at radius 3 is 1.42 bits per heavy atom. The number of rotatable bonds is 19. The second kappa shape index (κ2) is 40.0. The predicted molar refractivity (Wildman–Crippen MR) is 375 cm³/mol. The number of cyclic esters (lactones) is 1. The number of thiocarbonyl (C=S) groups is 1. The number of likely N-dealkylation sites (N-methyl/N-ethyl adjacent to an activating group) is 6. The number of ether oxygens (including phenoxy) is 3. The Labute approximate surface area is 582 Å². The number of nitrogens with zero attached hydrogens (tertiary/aromatic N) is 6. The molecule has 10 amide bonds. The number of benzene rings is 1. The summed E-state index contributed by atoms with van der Waals surface area (Å²) in [6, 6.07) is -4.05. The minimum Gasteiger partial charge on any atom is -0.451 e. The first-order chi connectivity index (χ1) is 45.0. The minimum atomic E-state index is -1.78. The predicted octanol–water partition coefficient (Wildman–Crippen LogP) is 5.74. The lowest BCUT2D eigenvalue weighted by Gasteiger charge is -2.40. The normalized spacial score (nSPS) is 25.2. The van der Waals surface area contributed by atoms with Gasteiger partial charge in [-0.2, -0.15) is 0 Å². The van der Waals surface area contributed by atoms with Gasteiger partial charge in [-0.25, -0.2) is 4.79 Å². The average molecular weight is 1380 g/mol. The fraction of sp³-hybridized carbons (Fsp3) is 0.718. The maximum Gasteiger partial charge on any atom is 0.358 e. The van der Waals surface area contributed by atoms with Crippen molar-refractivity contribution in [3.63, 3.8) is 0 Å². The fourth-order valence-electron chi connectivity index (χ4n) is 11.6. The van der Waals surface area contributed by atoms with Gasteiger partial charge in [-0.15, -0.1) is 0 Å². The molecular weight excluding hydrogens is 1260 g/mol. The highest BCUT2D eigenvalue weighted by atomic mass is 32.1. The van der Waals surface area contributed by atoms with Crippen LogP contribution < -0.4 is 26.0 Å². The zero-order chi connectivity index (χ0) is 74.4. The number of para-hydroxylation sites is 1. The summed E-state index contributed by atoms with van der Waals surface area (Å²) < 4.78 is 17.7. The van der Waals surface area contributed by atoms with Gasteiger partial charge < -0.3 is 70.0 Å². The van der Waals surface area contributed by atoms with E-state index in [1.54, 1.807) is 84.0 Å². The minimum absolute atomic E-state index is 0.0672. The molecule has 5 N–H and O–H groups in total. The molecule has 1 aliphatic heterocycles. The Hall–Kier alpha value is -7.22. The van der Waals surface area contributed by atoms with Gasteiger partial charge in [0.2, 0.25) is 53.2 Å². The van der Waals surface area contributed by atoms with E-state index in [-0.39, 0.29) is 73.9 Å². The van der Waals surface area contributed by atoms with Crippen molar-refractivity contribution in [1.29, 1.82) is 0 Å². The molecule has 1 aromatic carbocycles. The van der Waals surface area contributed by atoms with Gasteiger partial charge in [0.1, 0.15) is 66.2 Å². The van der Waals surface area contributed by atoms with Crippen LogP contribution in [0.3, 0.4) is 0 Å². The van der Waals surface area contributed by atoms with E-state index in [1.165, 1.54) is 75.7 Å². The Balaban J connectivity index is 3.14. The number of aliphatic hydroxyl groups is 1. The molecule has 0 aliphatic carbocycles. The third kappa shape index (κ3) is 25.9. The molecule has 0 aromatic heterocycles. The monoisotopic (exact) mass is 1380 g/mol. The molecule has 548 valence electrons. The SMILES string of the molecule is C/C=C/C[C@@H](C)[C@@H](O)[C@H]1C(=O)N[C@@H]([C@@H](C)OC(=S)Oc2ccccc2)C(=O)N(C)CC(=O)N(C)[C@@H](CC(C)C)C(=O)N[C@@H](CC(C)C)C(=O)N(C)[C@@H](CC(C)C)C(=O)N[C@@H](C)C(=O)O[C@H](C(C)C)C(=O)N(C)[C@@H](CC(C)C)C(=O)N[C@@H](CC(C)C)C(=O)N(C)[C@@H](C(C)C)C(=O)N1C. The van der Waals surface area contributed by atoms with Gasteiger partial charge in [0.05, 0.1) is 12.6 Å². The van der Waals surface area contributed by atoms with Crippen LogP contribution >= 0.6 is 12.2 Å². The van der Waals surface area contributed by atoms with E-state index in [1.807, 2.05) is 69.2 Å². The van der Waals surface area contributed by atoms with E-state index < -0.39 is 167 Å². The standard InChI is InChI=1S/C71H118N10O15S/c1-25-26-30-46(16)59(83)58-64(87)75-56(48(18)94-71(97)95-49-31-28-27-29-32-49)67(90)76(19)38-55(82)77(20)52(35-41(6)7)62(85)73-50(33-39(2)3)65(88)78(21)53(36-42(8)9)61(84)72-47(17)70(93)96-60(45(14)15)69(92)79(22)54(37-43(10)11)63(86)74-51(34-40(4)5)66(89)80(23)57(44(12)13)68(91)81(58)24/h25-29,31-32,39-48,50-54,56-60,83H,30,33-38H2,1-24H3,(H,72,84)(H,73,85)(H,74,86)(H,75,87)/b26-25+/t46-,47+,48-,50+,51+,52+,53+,54+,56+,57+,58+,59-,60-/m1/s1. The number of esters is 1.